The molecule has 2 rings (SSSR count). The van der Waals surface area contributed by atoms with Crippen molar-refractivity contribution in [3.8, 4) is 0 Å². The predicted octanol–water partition coefficient (Wildman–Crippen LogP) is 3.13. The molecule has 0 bridgehead atoms. The molecule has 4 unspecified atom stereocenters. The molecule has 5 atom stereocenters. The van der Waals surface area contributed by atoms with E-state index in [9.17, 15) is 10.2 Å². The number of aliphatic hydroxyl groups excluding tert-OH is 1. The van der Waals surface area contributed by atoms with E-state index in [1.165, 1.54) is 12.8 Å². The summed E-state index contributed by atoms with van der Waals surface area (Å²) in [5.74, 6) is 1.01. The normalized spacial score (nSPS) is 39.6. The lowest BCUT2D eigenvalue weighted by Crippen LogP contribution is -2.43. The van der Waals surface area contributed by atoms with Gasteiger partial charge in [-0.25, -0.2) is 0 Å². The molecule has 20 heavy (non-hydrogen) atoms. The van der Waals surface area contributed by atoms with E-state index in [1.54, 1.807) is 0 Å². The van der Waals surface area contributed by atoms with Gasteiger partial charge in [-0.15, -0.1) is 0 Å². The topological polar surface area (TPSA) is 49.7 Å². The summed E-state index contributed by atoms with van der Waals surface area (Å²) < 4.78 is 6.01. The van der Waals surface area contributed by atoms with Gasteiger partial charge >= 0.3 is 0 Å². The molecule has 2 aliphatic carbocycles. The van der Waals surface area contributed by atoms with Crippen LogP contribution >= 0.6 is 0 Å². The molecule has 0 amide bonds. The summed E-state index contributed by atoms with van der Waals surface area (Å²) in [7, 11) is 0. The summed E-state index contributed by atoms with van der Waals surface area (Å²) in [4.78, 5) is 0. The molecular formula is C17H32O3. The second kappa shape index (κ2) is 5.94. The zero-order valence-electron chi connectivity index (χ0n) is 13.6. The monoisotopic (exact) mass is 284 g/mol. The van der Waals surface area contributed by atoms with E-state index in [-0.39, 0.29) is 17.6 Å². The molecular weight excluding hydrogens is 252 g/mol. The maximum Gasteiger partial charge on any atom is 0.0613 e. The summed E-state index contributed by atoms with van der Waals surface area (Å²) in [6, 6.07) is 0. The minimum Gasteiger partial charge on any atom is -0.393 e. The third-order valence-corrected chi connectivity index (χ3v) is 5.82. The average Bonchev–Trinajstić information content (AvgIpc) is 2.66. The first-order chi connectivity index (χ1) is 9.24. The Balaban J connectivity index is 1.92. The highest BCUT2D eigenvalue weighted by Crippen LogP contribution is 2.56. The second-order valence-corrected chi connectivity index (χ2v) is 7.89. The molecule has 2 fully saturated rings. The molecule has 0 aliphatic heterocycles. The predicted molar refractivity (Wildman–Crippen MR) is 80.5 cm³/mol. The van der Waals surface area contributed by atoms with Gasteiger partial charge in [-0.2, -0.15) is 0 Å². The van der Waals surface area contributed by atoms with Gasteiger partial charge in [-0.1, -0.05) is 13.3 Å². The second-order valence-electron chi connectivity index (χ2n) is 7.89. The third kappa shape index (κ3) is 3.37. The lowest BCUT2D eigenvalue weighted by atomic mass is 9.63. The molecule has 0 aromatic rings. The van der Waals surface area contributed by atoms with Gasteiger partial charge in [0, 0.05) is 6.61 Å². The Morgan fingerprint density at radius 3 is 2.65 bits per heavy atom. The zero-order valence-corrected chi connectivity index (χ0v) is 13.6. The Kier molecular flexibility index (Phi) is 4.83. The van der Waals surface area contributed by atoms with Gasteiger partial charge in [-0.05, 0) is 70.1 Å². The van der Waals surface area contributed by atoms with E-state index in [2.05, 4.69) is 13.8 Å². The summed E-state index contributed by atoms with van der Waals surface area (Å²) in [6.07, 6.45) is 6.43. The lowest BCUT2D eigenvalue weighted by Gasteiger charge is -2.45. The van der Waals surface area contributed by atoms with Gasteiger partial charge in [0.2, 0.25) is 0 Å². The smallest absolute Gasteiger partial charge is 0.0613 e. The van der Waals surface area contributed by atoms with Gasteiger partial charge < -0.3 is 14.9 Å². The molecule has 0 heterocycles. The van der Waals surface area contributed by atoms with Crippen molar-refractivity contribution >= 4 is 0 Å². The molecule has 0 spiro atoms. The number of rotatable bonds is 5. The number of ether oxygens (including phenoxy) is 1. The highest BCUT2D eigenvalue weighted by Gasteiger charge is 2.52. The first-order valence-corrected chi connectivity index (χ1v) is 8.26. The molecule has 3 heteroatoms. The maximum atomic E-state index is 10.3. The largest absolute Gasteiger partial charge is 0.393 e. The molecule has 3 nitrogen and oxygen atoms in total. The SMILES string of the molecule is C[C@@H](OCCC(C)(C)O)C1CCC2C(O)CCCC21C. The van der Waals surface area contributed by atoms with Gasteiger partial charge in [0.05, 0.1) is 17.8 Å². The van der Waals surface area contributed by atoms with Crippen molar-refractivity contribution in [3.63, 3.8) is 0 Å². The van der Waals surface area contributed by atoms with E-state index in [0.29, 0.717) is 24.9 Å². The minimum absolute atomic E-state index is 0.109. The maximum absolute atomic E-state index is 10.3. The third-order valence-electron chi connectivity index (χ3n) is 5.82. The van der Waals surface area contributed by atoms with Crippen LogP contribution in [0, 0.1) is 17.3 Å². The van der Waals surface area contributed by atoms with Crippen molar-refractivity contribution in [2.45, 2.75) is 84.0 Å². The zero-order chi connectivity index (χ0) is 15.0. The first kappa shape index (κ1) is 16.3. The Bertz CT molecular complexity index is 323. The van der Waals surface area contributed by atoms with Crippen molar-refractivity contribution in [2.75, 3.05) is 6.61 Å². The Hall–Kier alpha value is -0.120. The van der Waals surface area contributed by atoms with Crippen LogP contribution in [0.2, 0.25) is 0 Å². The first-order valence-electron chi connectivity index (χ1n) is 8.26. The van der Waals surface area contributed by atoms with Crippen LogP contribution in [0.5, 0.6) is 0 Å². The van der Waals surface area contributed by atoms with Crippen LogP contribution in [0.1, 0.15) is 66.2 Å². The molecule has 2 N–H and O–H groups in total. The van der Waals surface area contributed by atoms with Gasteiger partial charge in [0.1, 0.15) is 0 Å². The van der Waals surface area contributed by atoms with Crippen LogP contribution in [0.15, 0.2) is 0 Å². The van der Waals surface area contributed by atoms with E-state index in [1.807, 2.05) is 13.8 Å². The Morgan fingerprint density at radius 2 is 2.00 bits per heavy atom. The molecule has 0 aromatic heterocycles. The van der Waals surface area contributed by atoms with Crippen molar-refractivity contribution in [1.29, 1.82) is 0 Å². The van der Waals surface area contributed by atoms with Crippen LogP contribution < -0.4 is 0 Å². The van der Waals surface area contributed by atoms with E-state index in [0.717, 1.165) is 19.3 Å². The summed E-state index contributed by atoms with van der Waals surface area (Å²) in [5, 5.41) is 20.0. The number of hydrogen-bond donors (Lipinski definition) is 2. The van der Waals surface area contributed by atoms with E-state index in [4.69, 9.17) is 4.74 Å². The molecule has 0 aromatic carbocycles. The highest BCUT2D eigenvalue weighted by molar-refractivity contribution is 5.02. The highest BCUT2D eigenvalue weighted by atomic mass is 16.5. The minimum atomic E-state index is -0.650. The van der Waals surface area contributed by atoms with Crippen LogP contribution in [0.4, 0.5) is 0 Å². The van der Waals surface area contributed by atoms with Crippen LogP contribution in [-0.4, -0.2) is 34.6 Å². The molecule has 0 saturated heterocycles. The van der Waals surface area contributed by atoms with Crippen LogP contribution in [0.3, 0.4) is 0 Å². The Morgan fingerprint density at radius 1 is 1.30 bits per heavy atom. The number of hydrogen-bond acceptors (Lipinski definition) is 3. The van der Waals surface area contributed by atoms with E-state index < -0.39 is 5.60 Å². The van der Waals surface area contributed by atoms with Crippen molar-refractivity contribution in [1.82, 2.24) is 0 Å². The number of fused-ring (bicyclic) bond motifs is 1. The van der Waals surface area contributed by atoms with Crippen molar-refractivity contribution in [3.05, 3.63) is 0 Å². The van der Waals surface area contributed by atoms with Gasteiger partial charge in [-0.3, -0.25) is 0 Å². The van der Waals surface area contributed by atoms with Crippen LogP contribution in [0.25, 0.3) is 0 Å². The number of aliphatic hydroxyl groups is 2. The fourth-order valence-electron chi connectivity index (χ4n) is 4.57. The van der Waals surface area contributed by atoms with Gasteiger partial charge in [0.25, 0.3) is 0 Å². The van der Waals surface area contributed by atoms with Crippen molar-refractivity contribution < 1.29 is 14.9 Å². The molecule has 2 aliphatic rings. The molecule has 0 radical (unpaired) electrons. The van der Waals surface area contributed by atoms with Gasteiger partial charge in [0.15, 0.2) is 0 Å². The Labute approximate surface area is 123 Å². The standard InChI is InChI=1S/C17H32O3/c1-12(20-11-10-16(2,3)19)13-7-8-14-15(18)6-5-9-17(13,14)4/h12-15,18-19H,5-11H2,1-4H3/t12-,13?,14?,15?,17?/m1/s1. The molecule has 118 valence electrons. The van der Waals surface area contributed by atoms with Crippen molar-refractivity contribution in [2.24, 2.45) is 17.3 Å². The average molecular weight is 284 g/mol. The molecule has 2 saturated carbocycles. The fourth-order valence-corrected chi connectivity index (χ4v) is 4.57. The summed E-state index contributed by atoms with van der Waals surface area (Å²) in [6.45, 7) is 8.79. The van der Waals surface area contributed by atoms with E-state index >= 15 is 0 Å². The quantitative estimate of drug-likeness (QED) is 0.815. The fraction of sp³-hybridized carbons (Fsp3) is 1.00. The lowest BCUT2D eigenvalue weighted by molar-refractivity contribution is -0.0725. The summed E-state index contributed by atoms with van der Waals surface area (Å²) >= 11 is 0. The van der Waals surface area contributed by atoms with Crippen LogP contribution in [-0.2, 0) is 4.74 Å². The summed E-state index contributed by atoms with van der Waals surface area (Å²) in [5.41, 5.74) is -0.408.